The lowest BCUT2D eigenvalue weighted by Crippen LogP contribution is -2.59. The van der Waals surface area contributed by atoms with Crippen LogP contribution in [0.5, 0.6) is 0 Å². The van der Waals surface area contributed by atoms with Crippen LogP contribution in [0.4, 0.5) is 5.69 Å². The molecule has 0 spiro atoms. The van der Waals surface area contributed by atoms with Crippen LogP contribution in [-0.2, 0) is 22.6 Å². The lowest BCUT2D eigenvalue weighted by Gasteiger charge is -2.60. The lowest BCUT2D eigenvalue weighted by atomic mass is 9.47. The number of carbonyl (C=O) groups excluding carboxylic acids is 2. The summed E-state index contributed by atoms with van der Waals surface area (Å²) < 4.78 is 0. The third-order valence-corrected chi connectivity index (χ3v) is 11.5. The van der Waals surface area contributed by atoms with Gasteiger partial charge >= 0.3 is 0 Å². The Morgan fingerprint density at radius 1 is 1.08 bits per heavy atom. The summed E-state index contributed by atoms with van der Waals surface area (Å²) in [6, 6.07) is 6.98. The molecular formula is C31H43N3O2. The molecule has 0 saturated heterocycles. The second-order valence-electron chi connectivity index (χ2n) is 13.1. The van der Waals surface area contributed by atoms with Gasteiger partial charge in [-0.25, -0.2) is 0 Å². The van der Waals surface area contributed by atoms with E-state index in [1.807, 2.05) is 18.0 Å². The van der Waals surface area contributed by atoms with E-state index in [0.29, 0.717) is 42.7 Å². The Balaban J connectivity index is 1.11. The summed E-state index contributed by atoms with van der Waals surface area (Å²) in [6.45, 7) is 6.62. The highest BCUT2D eigenvalue weighted by molar-refractivity contribution is 5.89. The van der Waals surface area contributed by atoms with Gasteiger partial charge in [0, 0.05) is 50.7 Å². The van der Waals surface area contributed by atoms with E-state index < -0.39 is 0 Å². The van der Waals surface area contributed by atoms with Crippen LogP contribution in [0.1, 0.15) is 69.9 Å². The van der Waals surface area contributed by atoms with Crippen molar-refractivity contribution in [3.63, 3.8) is 0 Å². The molecule has 0 aromatic heterocycles. The first-order chi connectivity index (χ1) is 17.2. The van der Waals surface area contributed by atoms with Gasteiger partial charge < -0.3 is 15.1 Å². The highest BCUT2D eigenvalue weighted by Crippen LogP contribution is 2.65. The highest BCUT2D eigenvalue weighted by Gasteiger charge is 2.60. The predicted octanol–water partition coefficient (Wildman–Crippen LogP) is 4.94. The first-order valence-electron chi connectivity index (χ1n) is 14.3. The highest BCUT2D eigenvalue weighted by atomic mass is 16.2. The molecular weight excluding hydrogens is 446 g/mol. The summed E-state index contributed by atoms with van der Waals surface area (Å²) in [7, 11) is 4.14. The Bertz CT molecular complexity index is 1100. The smallest absolute Gasteiger partial charge is 0.246 e. The van der Waals surface area contributed by atoms with Crippen molar-refractivity contribution >= 4 is 17.5 Å². The monoisotopic (exact) mass is 489 g/mol. The van der Waals surface area contributed by atoms with Crippen molar-refractivity contribution < 1.29 is 9.59 Å². The molecule has 1 aromatic carbocycles. The van der Waals surface area contributed by atoms with E-state index in [9.17, 15) is 9.59 Å². The van der Waals surface area contributed by atoms with Gasteiger partial charge in [-0.05, 0) is 97.3 Å². The number of hydrogen-bond acceptors (Lipinski definition) is 3. The van der Waals surface area contributed by atoms with E-state index in [4.69, 9.17) is 0 Å². The van der Waals surface area contributed by atoms with Gasteiger partial charge in [-0.2, -0.15) is 0 Å². The van der Waals surface area contributed by atoms with E-state index in [1.54, 1.807) is 0 Å². The zero-order valence-electron chi connectivity index (χ0n) is 22.6. The fraction of sp³-hybridized carbons (Fsp3) is 0.677. The molecule has 36 heavy (non-hydrogen) atoms. The summed E-state index contributed by atoms with van der Waals surface area (Å²) in [5.41, 5.74) is 4.30. The van der Waals surface area contributed by atoms with Crippen LogP contribution in [0.3, 0.4) is 0 Å². The minimum atomic E-state index is 0.0903. The Kier molecular flexibility index (Phi) is 5.77. The minimum absolute atomic E-state index is 0.0903. The number of anilines is 1. The van der Waals surface area contributed by atoms with Crippen molar-refractivity contribution in [3.05, 3.63) is 41.5 Å². The van der Waals surface area contributed by atoms with Crippen molar-refractivity contribution in [1.82, 2.24) is 10.2 Å². The quantitative estimate of drug-likeness (QED) is 0.652. The molecule has 3 aliphatic carbocycles. The largest absolute Gasteiger partial charge is 0.374 e. The van der Waals surface area contributed by atoms with Crippen molar-refractivity contribution in [2.45, 2.75) is 77.8 Å². The molecule has 4 unspecified atom stereocenters. The van der Waals surface area contributed by atoms with Crippen molar-refractivity contribution in [2.75, 3.05) is 25.5 Å². The summed E-state index contributed by atoms with van der Waals surface area (Å²) in [5.74, 6) is 2.93. The van der Waals surface area contributed by atoms with Crippen LogP contribution >= 0.6 is 0 Å². The van der Waals surface area contributed by atoms with Gasteiger partial charge in [-0.1, -0.05) is 32.1 Å². The third kappa shape index (κ3) is 3.63. The standard InChI is InChI=1S/C31H43N3O2/c1-30-14-11-25-23(7-10-27-31(25,2)15-12-29(36)34(27)4)24(30)8-6-22(30)18-28(35)32-19-20-5-9-26-21(17-20)13-16-33(26)3/h5,9,12,15,17,22-25,27H,6-8,10-11,13-14,16,18-19H2,1-4H3,(H,32,35)/t22-,23?,24?,25?,27?,30-,31-/m1/s1. The summed E-state index contributed by atoms with van der Waals surface area (Å²) in [5, 5.41) is 3.25. The zero-order valence-corrected chi connectivity index (χ0v) is 22.6. The molecule has 1 N–H and O–H groups in total. The van der Waals surface area contributed by atoms with Crippen LogP contribution < -0.4 is 10.2 Å². The Hall–Kier alpha value is -2.30. The molecule has 5 aliphatic rings. The van der Waals surface area contributed by atoms with Gasteiger partial charge in [-0.15, -0.1) is 0 Å². The molecule has 5 nitrogen and oxygen atoms in total. The first kappa shape index (κ1) is 24.1. The number of carbonyl (C=O) groups is 2. The zero-order chi connectivity index (χ0) is 25.2. The number of nitrogens with zero attached hydrogens (tertiary/aromatic N) is 2. The summed E-state index contributed by atoms with van der Waals surface area (Å²) in [6.07, 6.45) is 13.0. The number of likely N-dealkylation sites (N-methyl/N-ethyl adjacent to an activating group) is 2. The predicted molar refractivity (Wildman–Crippen MR) is 143 cm³/mol. The van der Waals surface area contributed by atoms with Gasteiger partial charge in [0.15, 0.2) is 0 Å². The number of rotatable bonds is 4. The van der Waals surface area contributed by atoms with Crippen LogP contribution in [0.2, 0.25) is 0 Å². The van der Waals surface area contributed by atoms with Crippen LogP contribution in [0.25, 0.3) is 0 Å². The molecule has 2 heterocycles. The second-order valence-corrected chi connectivity index (χ2v) is 13.1. The molecule has 194 valence electrons. The number of nitrogens with one attached hydrogen (secondary N) is 1. The normalized spacial score (nSPS) is 38.9. The number of fused-ring (bicyclic) bond motifs is 6. The molecule has 7 atom stereocenters. The second kappa shape index (κ2) is 8.63. The van der Waals surface area contributed by atoms with Crippen molar-refractivity contribution in [3.8, 4) is 0 Å². The molecule has 2 aliphatic heterocycles. The van der Waals surface area contributed by atoms with Gasteiger partial charge in [0.05, 0.1) is 0 Å². The summed E-state index contributed by atoms with van der Waals surface area (Å²) >= 11 is 0. The van der Waals surface area contributed by atoms with Crippen molar-refractivity contribution in [2.24, 2.45) is 34.5 Å². The molecule has 2 amide bonds. The maximum Gasteiger partial charge on any atom is 0.246 e. The average molecular weight is 490 g/mol. The maximum absolute atomic E-state index is 13.1. The van der Waals surface area contributed by atoms with Gasteiger partial charge in [-0.3, -0.25) is 9.59 Å². The molecule has 6 rings (SSSR count). The fourth-order valence-corrected chi connectivity index (χ4v) is 9.41. The SMILES string of the molecule is CN1CCc2cc(CNC(=O)C[C@H]3CCC4C5CCC6N(C)C(=O)C=C[C@]6(C)C5CC[C@@]43C)ccc21. The molecule has 3 fully saturated rings. The van der Waals surface area contributed by atoms with E-state index in [1.165, 1.54) is 48.9 Å². The molecule has 3 saturated carbocycles. The molecule has 5 heteroatoms. The third-order valence-electron chi connectivity index (χ3n) is 11.5. The fourth-order valence-electron chi connectivity index (χ4n) is 9.41. The Morgan fingerprint density at radius 3 is 2.75 bits per heavy atom. The number of benzene rings is 1. The molecule has 1 aromatic rings. The van der Waals surface area contributed by atoms with Gasteiger partial charge in [0.2, 0.25) is 11.8 Å². The molecule has 0 bridgehead atoms. The average Bonchev–Trinajstić information content (AvgIpc) is 3.39. The van der Waals surface area contributed by atoms with E-state index in [-0.39, 0.29) is 22.6 Å². The van der Waals surface area contributed by atoms with Crippen LogP contribution in [-0.4, -0.2) is 43.4 Å². The first-order valence-corrected chi connectivity index (χ1v) is 14.3. The number of hydrogen-bond donors (Lipinski definition) is 1. The Labute approximate surface area is 216 Å². The number of amides is 2. The topological polar surface area (TPSA) is 52.7 Å². The Morgan fingerprint density at radius 2 is 1.92 bits per heavy atom. The van der Waals surface area contributed by atoms with Crippen LogP contribution in [0.15, 0.2) is 30.4 Å². The van der Waals surface area contributed by atoms with E-state index in [0.717, 1.165) is 19.4 Å². The minimum Gasteiger partial charge on any atom is -0.374 e. The maximum atomic E-state index is 13.1. The van der Waals surface area contributed by atoms with Gasteiger partial charge in [0.1, 0.15) is 0 Å². The van der Waals surface area contributed by atoms with Crippen molar-refractivity contribution in [1.29, 1.82) is 0 Å². The van der Waals surface area contributed by atoms with E-state index >= 15 is 0 Å². The van der Waals surface area contributed by atoms with Gasteiger partial charge in [0.25, 0.3) is 0 Å². The lowest BCUT2D eigenvalue weighted by molar-refractivity contribution is -0.139. The summed E-state index contributed by atoms with van der Waals surface area (Å²) in [4.78, 5) is 29.7. The van der Waals surface area contributed by atoms with E-state index in [2.05, 4.69) is 55.4 Å². The van der Waals surface area contributed by atoms with Crippen LogP contribution in [0, 0.1) is 34.5 Å². The molecule has 0 radical (unpaired) electrons.